The van der Waals surface area contributed by atoms with Crippen LogP contribution in [0, 0.1) is 5.82 Å². The Labute approximate surface area is 154 Å². The van der Waals surface area contributed by atoms with E-state index in [1.54, 1.807) is 36.2 Å². The number of fused-ring (bicyclic) bond motifs is 1. The molecule has 27 heavy (non-hydrogen) atoms. The van der Waals surface area contributed by atoms with Gasteiger partial charge in [-0.15, -0.1) is 5.11 Å². The van der Waals surface area contributed by atoms with Gasteiger partial charge in [0, 0.05) is 11.6 Å². The number of hydrogen-bond acceptors (Lipinski definition) is 6. The van der Waals surface area contributed by atoms with Crippen molar-refractivity contribution in [3.8, 4) is 11.4 Å². The monoisotopic (exact) mass is 362 g/mol. The summed E-state index contributed by atoms with van der Waals surface area (Å²) in [5, 5.41) is 13.2. The molecule has 0 bridgehead atoms. The third-order valence-corrected chi connectivity index (χ3v) is 4.01. The van der Waals surface area contributed by atoms with Crippen LogP contribution in [0.25, 0.3) is 16.7 Å². The zero-order valence-corrected chi connectivity index (χ0v) is 14.5. The Balaban J connectivity index is 1.66. The molecule has 2 heterocycles. The number of nitrogens with zero attached hydrogens (tertiary/aromatic N) is 6. The van der Waals surface area contributed by atoms with Crippen LogP contribution >= 0.6 is 0 Å². The van der Waals surface area contributed by atoms with Crippen LogP contribution in [0.1, 0.15) is 5.56 Å². The van der Waals surface area contributed by atoms with Crippen molar-refractivity contribution in [2.75, 3.05) is 7.11 Å². The summed E-state index contributed by atoms with van der Waals surface area (Å²) in [6, 6.07) is 13.9. The highest BCUT2D eigenvalue weighted by Crippen LogP contribution is 2.25. The van der Waals surface area contributed by atoms with E-state index in [-0.39, 0.29) is 12.4 Å². The molecule has 134 valence electrons. The van der Waals surface area contributed by atoms with Crippen LogP contribution in [-0.4, -0.2) is 26.9 Å². The number of azo groups is 1. The van der Waals surface area contributed by atoms with E-state index in [1.165, 1.54) is 12.4 Å². The Kier molecular flexibility index (Phi) is 4.52. The number of benzene rings is 2. The molecule has 0 aliphatic heterocycles. The van der Waals surface area contributed by atoms with Crippen molar-refractivity contribution >= 4 is 16.9 Å². The van der Waals surface area contributed by atoms with E-state index in [0.29, 0.717) is 22.4 Å². The van der Waals surface area contributed by atoms with Crippen molar-refractivity contribution in [1.29, 1.82) is 0 Å². The lowest BCUT2D eigenvalue weighted by Gasteiger charge is -2.05. The summed E-state index contributed by atoms with van der Waals surface area (Å²) >= 11 is 0. The summed E-state index contributed by atoms with van der Waals surface area (Å²) in [4.78, 5) is 8.46. The summed E-state index contributed by atoms with van der Waals surface area (Å²) in [6.07, 6.45) is 3.03. The van der Waals surface area contributed by atoms with E-state index in [9.17, 15) is 4.39 Å². The highest BCUT2D eigenvalue weighted by atomic mass is 19.1. The molecular weight excluding hydrogens is 347 g/mol. The highest BCUT2D eigenvalue weighted by Gasteiger charge is 2.11. The van der Waals surface area contributed by atoms with Crippen molar-refractivity contribution < 1.29 is 9.13 Å². The van der Waals surface area contributed by atoms with Crippen LogP contribution in [0.2, 0.25) is 0 Å². The zero-order valence-electron chi connectivity index (χ0n) is 14.5. The summed E-state index contributed by atoms with van der Waals surface area (Å²) < 4.78 is 20.6. The van der Waals surface area contributed by atoms with Gasteiger partial charge in [-0.3, -0.25) is 0 Å². The quantitative estimate of drug-likeness (QED) is 0.497. The first-order valence-electron chi connectivity index (χ1n) is 8.20. The molecule has 0 saturated heterocycles. The number of rotatable bonds is 5. The van der Waals surface area contributed by atoms with Gasteiger partial charge >= 0.3 is 0 Å². The lowest BCUT2D eigenvalue weighted by molar-refractivity contribution is 0.414. The Hall–Kier alpha value is -3.68. The van der Waals surface area contributed by atoms with Gasteiger partial charge in [-0.05, 0) is 18.2 Å². The number of ether oxygens (including phenoxy) is 1. The Morgan fingerprint density at radius 2 is 2.00 bits per heavy atom. The van der Waals surface area contributed by atoms with Gasteiger partial charge in [0.15, 0.2) is 11.5 Å². The minimum Gasteiger partial charge on any atom is -0.497 e. The number of methoxy groups -OCH3 is 1. The molecule has 7 nitrogen and oxygen atoms in total. The minimum atomic E-state index is -0.310. The van der Waals surface area contributed by atoms with E-state index < -0.39 is 0 Å². The fourth-order valence-electron chi connectivity index (χ4n) is 2.65. The molecule has 0 N–H and O–H groups in total. The van der Waals surface area contributed by atoms with Crippen LogP contribution in [0.4, 0.5) is 10.2 Å². The second kappa shape index (κ2) is 7.28. The van der Waals surface area contributed by atoms with Gasteiger partial charge in [-0.1, -0.05) is 24.3 Å². The average Bonchev–Trinajstić information content (AvgIpc) is 3.14. The second-order valence-electron chi connectivity index (χ2n) is 5.68. The van der Waals surface area contributed by atoms with Crippen molar-refractivity contribution in [3.63, 3.8) is 0 Å². The number of hydrogen-bond donors (Lipinski definition) is 0. The van der Waals surface area contributed by atoms with E-state index in [1.807, 2.05) is 24.3 Å². The lowest BCUT2D eigenvalue weighted by atomic mass is 10.2. The van der Waals surface area contributed by atoms with E-state index in [4.69, 9.17) is 4.74 Å². The maximum Gasteiger partial charge on any atom is 0.188 e. The van der Waals surface area contributed by atoms with Gasteiger partial charge in [0.2, 0.25) is 0 Å². The van der Waals surface area contributed by atoms with Crippen LogP contribution in [0.15, 0.2) is 71.3 Å². The van der Waals surface area contributed by atoms with Crippen LogP contribution < -0.4 is 4.74 Å². The molecule has 0 amide bonds. The summed E-state index contributed by atoms with van der Waals surface area (Å²) in [5.74, 6) is 0.788. The largest absolute Gasteiger partial charge is 0.497 e. The van der Waals surface area contributed by atoms with Crippen molar-refractivity contribution in [2.45, 2.75) is 6.54 Å². The molecule has 0 saturated carbocycles. The van der Waals surface area contributed by atoms with E-state index >= 15 is 0 Å². The summed E-state index contributed by atoms with van der Waals surface area (Å²) in [5.41, 5.74) is 1.87. The Bertz CT molecular complexity index is 1120. The number of aromatic nitrogens is 4. The molecule has 0 fully saturated rings. The molecule has 4 rings (SSSR count). The fourth-order valence-corrected chi connectivity index (χ4v) is 2.65. The van der Waals surface area contributed by atoms with Gasteiger partial charge in [0.25, 0.3) is 0 Å². The zero-order chi connectivity index (χ0) is 18.6. The average molecular weight is 362 g/mol. The Morgan fingerprint density at radius 1 is 1.11 bits per heavy atom. The predicted molar refractivity (Wildman–Crippen MR) is 97.8 cm³/mol. The highest BCUT2D eigenvalue weighted by molar-refractivity contribution is 5.85. The molecule has 8 heteroatoms. The first-order chi connectivity index (χ1) is 13.3. The predicted octanol–water partition coefficient (Wildman–Crippen LogP) is 4.25. The third-order valence-electron chi connectivity index (χ3n) is 4.01. The van der Waals surface area contributed by atoms with Crippen molar-refractivity contribution in [2.24, 2.45) is 10.2 Å². The molecule has 4 aromatic rings. The third kappa shape index (κ3) is 3.37. The van der Waals surface area contributed by atoms with Gasteiger partial charge < -0.3 is 4.74 Å². The normalized spacial score (nSPS) is 11.3. The maximum atomic E-state index is 13.7. The smallest absolute Gasteiger partial charge is 0.188 e. The fraction of sp³-hybridized carbons (Fsp3) is 0.105. The van der Waals surface area contributed by atoms with Gasteiger partial charge in [-0.25, -0.2) is 19.0 Å². The lowest BCUT2D eigenvalue weighted by Crippen LogP contribution is -1.98. The van der Waals surface area contributed by atoms with E-state index in [0.717, 1.165) is 11.4 Å². The molecule has 2 aromatic heterocycles. The number of halogens is 1. The van der Waals surface area contributed by atoms with Crippen LogP contribution in [-0.2, 0) is 6.54 Å². The second-order valence-corrected chi connectivity index (χ2v) is 5.68. The molecule has 2 aromatic carbocycles. The van der Waals surface area contributed by atoms with E-state index in [2.05, 4.69) is 25.3 Å². The summed E-state index contributed by atoms with van der Waals surface area (Å²) in [6.45, 7) is 0.127. The topological polar surface area (TPSA) is 77.5 Å². The molecule has 0 aliphatic rings. The van der Waals surface area contributed by atoms with Crippen LogP contribution in [0.3, 0.4) is 0 Å². The van der Waals surface area contributed by atoms with Crippen LogP contribution in [0.5, 0.6) is 5.75 Å². The van der Waals surface area contributed by atoms with Gasteiger partial charge in [-0.2, -0.15) is 10.2 Å². The summed E-state index contributed by atoms with van der Waals surface area (Å²) in [7, 11) is 1.61. The SMILES string of the molecule is COc1cccc(-n2ncc3c(N=NCc4ccccc4F)ncnc32)c1. The molecule has 0 atom stereocenters. The molecular formula is C19H15FN6O. The maximum absolute atomic E-state index is 13.7. The first-order valence-corrected chi connectivity index (χ1v) is 8.20. The standard InChI is InChI=1S/C19H15FN6O/c1-27-15-7-4-6-14(9-15)26-19-16(11-24-26)18(21-12-22-19)25-23-10-13-5-2-3-8-17(13)20/h2-9,11-12H,10H2,1H3. The van der Waals surface area contributed by atoms with Crippen molar-refractivity contribution in [3.05, 3.63) is 72.4 Å². The Morgan fingerprint density at radius 3 is 2.85 bits per heavy atom. The molecule has 0 spiro atoms. The first kappa shape index (κ1) is 16.8. The van der Waals surface area contributed by atoms with Crippen molar-refractivity contribution in [1.82, 2.24) is 19.7 Å². The molecule has 0 unspecified atom stereocenters. The minimum absolute atomic E-state index is 0.127. The molecule has 0 radical (unpaired) electrons. The van der Waals surface area contributed by atoms with Gasteiger partial charge in [0.1, 0.15) is 17.9 Å². The van der Waals surface area contributed by atoms with Gasteiger partial charge in [0.05, 0.1) is 30.9 Å². The molecule has 0 aliphatic carbocycles.